The monoisotopic (exact) mass is 397 g/mol. The molecule has 1 atom stereocenters. The standard InChI is InChI=1S/C25H32ClNO/c1-16(2)21-7-5-18(15-22(21)26)20-13-17(3)24-19(14-20)6-8-23(24)27-11-9-25(4,28)10-12-27/h5,7,13-16,23,28H,6,8-12H2,1-4H3. The summed E-state index contributed by atoms with van der Waals surface area (Å²) in [6.45, 7) is 10.6. The van der Waals surface area contributed by atoms with Gasteiger partial charge < -0.3 is 5.11 Å². The van der Waals surface area contributed by atoms with Crippen LogP contribution in [0.4, 0.5) is 0 Å². The van der Waals surface area contributed by atoms with E-state index in [0.717, 1.165) is 37.4 Å². The first-order chi connectivity index (χ1) is 13.2. The molecule has 1 aliphatic heterocycles. The molecular formula is C25H32ClNO. The molecule has 3 heteroatoms. The van der Waals surface area contributed by atoms with Crippen LogP contribution in [0.1, 0.15) is 74.2 Å². The highest BCUT2D eigenvalue weighted by molar-refractivity contribution is 6.31. The van der Waals surface area contributed by atoms with Crippen LogP contribution in [-0.2, 0) is 6.42 Å². The second-order valence-corrected chi connectivity index (χ2v) is 9.75. The zero-order valence-corrected chi connectivity index (χ0v) is 18.3. The van der Waals surface area contributed by atoms with Gasteiger partial charge in [0.05, 0.1) is 5.60 Å². The molecule has 0 bridgehead atoms. The van der Waals surface area contributed by atoms with Gasteiger partial charge in [-0.25, -0.2) is 0 Å². The summed E-state index contributed by atoms with van der Waals surface area (Å²) in [6.07, 6.45) is 4.07. The van der Waals surface area contributed by atoms with Crippen molar-refractivity contribution in [3.05, 3.63) is 57.6 Å². The fourth-order valence-corrected chi connectivity index (χ4v) is 5.41. The van der Waals surface area contributed by atoms with E-state index in [4.69, 9.17) is 11.6 Å². The van der Waals surface area contributed by atoms with Crippen LogP contribution in [0.3, 0.4) is 0 Å². The summed E-state index contributed by atoms with van der Waals surface area (Å²) in [4.78, 5) is 2.59. The topological polar surface area (TPSA) is 23.5 Å². The Morgan fingerprint density at radius 3 is 2.46 bits per heavy atom. The van der Waals surface area contributed by atoms with Crippen LogP contribution in [0, 0.1) is 6.92 Å². The van der Waals surface area contributed by atoms with Crippen LogP contribution in [0.2, 0.25) is 5.02 Å². The molecule has 0 saturated carbocycles. The van der Waals surface area contributed by atoms with Gasteiger partial charge in [-0.3, -0.25) is 4.90 Å². The van der Waals surface area contributed by atoms with E-state index in [1.807, 2.05) is 6.92 Å². The van der Waals surface area contributed by atoms with Gasteiger partial charge >= 0.3 is 0 Å². The number of hydrogen-bond acceptors (Lipinski definition) is 2. The normalized spacial score (nSPS) is 21.9. The summed E-state index contributed by atoms with van der Waals surface area (Å²) in [5.41, 5.74) is 7.60. The molecular weight excluding hydrogens is 366 g/mol. The molecule has 1 N–H and O–H groups in total. The van der Waals surface area contributed by atoms with Crippen molar-refractivity contribution in [3.8, 4) is 11.1 Å². The third-order valence-corrected chi connectivity index (χ3v) is 7.09. The number of halogens is 1. The number of aliphatic hydroxyl groups is 1. The fraction of sp³-hybridized carbons (Fsp3) is 0.520. The number of fused-ring (bicyclic) bond motifs is 1. The van der Waals surface area contributed by atoms with Crippen LogP contribution in [-0.4, -0.2) is 28.7 Å². The molecule has 1 aliphatic carbocycles. The minimum Gasteiger partial charge on any atom is -0.390 e. The maximum absolute atomic E-state index is 10.3. The minimum atomic E-state index is -0.488. The van der Waals surface area contributed by atoms with Crippen LogP contribution >= 0.6 is 11.6 Å². The predicted octanol–water partition coefficient (Wildman–Crippen LogP) is 6.27. The summed E-state index contributed by atoms with van der Waals surface area (Å²) >= 11 is 6.55. The van der Waals surface area contributed by atoms with E-state index in [9.17, 15) is 5.11 Å². The van der Waals surface area contributed by atoms with E-state index in [1.54, 1.807) is 0 Å². The van der Waals surface area contributed by atoms with Gasteiger partial charge in [-0.2, -0.15) is 0 Å². The largest absolute Gasteiger partial charge is 0.390 e. The number of aryl methyl sites for hydroxylation is 2. The Morgan fingerprint density at radius 1 is 1.11 bits per heavy atom. The summed E-state index contributed by atoms with van der Waals surface area (Å²) in [6, 6.07) is 11.7. The van der Waals surface area contributed by atoms with Crippen molar-refractivity contribution in [3.63, 3.8) is 0 Å². The molecule has 1 unspecified atom stereocenters. The van der Waals surface area contributed by atoms with Gasteiger partial charge in [0.2, 0.25) is 0 Å². The summed E-state index contributed by atoms with van der Waals surface area (Å²) < 4.78 is 0. The van der Waals surface area contributed by atoms with E-state index in [2.05, 4.69) is 56.0 Å². The smallest absolute Gasteiger partial charge is 0.0644 e. The zero-order valence-electron chi connectivity index (χ0n) is 17.6. The molecule has 1 heterocycles. The molecule has 1 saturated heterocycles. The summed E-state index contributed by atoms with van der Waals surface area (Å²) in [5.74, 6) is 0.439. The number of nitrogens with zero attached hydrogens (tertiary/aromatic N) is 1. The van der Waals surface area contributed by atoms with E-state index in [0.29, 0.717) is 12.0 Å². The average Bonchev–Trinajstić information content (AvgIpc) is 3.06. The summed E-state index contributed by atoms with van der Waals surface area (Å²) in [7, 11) is 0. The molecule has 2 aromatic rings. The van der Waals surface area contributed by atoms with E-state index in [-0.39, 0.29) is 0 Å². The van der Waals surface area contributed by atoms with Crippen LogP contribution in [0.15, 0.2) is 30.3 Å². The molecule has 150 valence electrons. The lowest BCUT2D eigenvalue weighted by Crippen LogP contribution is -2.43. The van der Waals surface area contributed by atoms with E-state index in [1.165, 1.54) is 39.8 Å². The Balaban J connectivity index is 1.62. The Labute approximate surface area is 174 Å². The van der Waals surface area contributed by atoms with Crippen molar-refractivity contribution in [2.45, 2.75) is 70.9 Å². The summed E-state index contributed by atoms with van der Waals surface area (Å²) in [5, 5.41) is 11.2. The van der Waals surface area contributed by atoms with E-state index >= 15 is 0 Å². The number of likely N-dealkylation sites (tertiary alicyclic amines) is 1. The number of hydrogen-bond donors (Lipinski definition) is 1. The first kappa shape index (κ1) is 19.9. The lowest BCUT2D eigenvalue weighted by atomic mass is 9.90. The second-order valence-electron chi connectivity index (χ2n) is 9.34. The van der Waals surface area contributed by atoms with Gasteiger partial charge in [-0.05, 0) is 84.9 Å². The van der Waals surface area contributed by atoms with Crippen LogP contribution in [0.25, 0.3) is 11.1 Å². The second kappa shape index (κ2) is 7.48. The van der Waals surface area contributed by atoms with Crippen molar-refractivity contribution in [1.29, 1.82) is 0 Å². The molecule has 0 amide bonds. The van der Waals surface area contributed by atoms with Crippen molar-refractivity contribution < 1.29 is 5.11 Å². The number of benzene rings is 2. The fourth-order valence-electron chi connectivity index (χ4n) is 5.02. The third-order valence-electron chi connectivity index (χ3n) is 6.76. The molecule has 0 aromatic heterocycles. The highest BCUT2D eigenvalue weighted by Crippen LogP contribution is 2.42. The first-order valence-corrected chi connectivity index (χ1v) is 11.0. The molecule has 2 aliphatic rings. The van der Waals surface area contributed by atoms with Gasteiger partial charge in [0, 0.05) is 24.2 Å². The third kappa shape index (κ3) is 3.75. The molecule has 2 nitrogen and oxygen atoms in total. The number of piperidine rings is 1. The SMILES string of the molecule is Cc1cc(-c2ccc(C(C)C)c(Cl)c2)cc2c1C(N1CCC(C)(O)CC1)CC2. The van der Waals surface area contributed by atoms with Gasteiger partial charge in [0.15, 0.2) is 0 Å². The highest BCUT2D eigenvalue weighted by atomic mass is 35.5. The molecule has 4 rings (SSSR count). The molecule has 2 aromatic carbocycles. The predicted molar refractivity (Wildman–Crippen MR) is 118 cm³/mol. The van der Waals surface area contributed by atoms with E-state index < -0.39 is 5.60 Å². The van der Waals surface area contributed by atoms with Gasteiger partial charge in [0.25, 0.3) is 0 Å². The van der Waals surface area contributed by atoms with Crippen molar-refractivity contribution in [1.82, 2.24) is 4.90 Å². The van der Waals surface area contributed by atoms with Crippen LogP contribution < -0.4 is 0 Å². The van der Waals surface area contributed by atoms with Crippen molar-refractivity contribution in [2.75, 3.05) is 13.1 Å². The Morgan fingerprint density at radius 2 is 1.82 bits per heavy atom. The number of rotatable bonds is 3. The maximum atomic E-state index is 10.3. The average molecular weight is 398 g/mol. The van der Waals surface area contributed by atoms with Crippen LogP contribution in [0.5, 0.6) is 0 Å². The first-order valence-electron chi connectivity index (χ1n) is 10.6. The van der Waals surface area contributed by atoms with Gasteiger partial charge in [-0.1, -0.05) is 49.7 Å². The quantitative estimate of drug-likeness (QED) is 0.659. The molecule has 28 heavy (non-hydrogen) atoms. The molecule has 1 fully saturated rings. The van der Waals surface area contributed by atoms with Crippen molar-refractivity contribution >= 4 is 11.6 Å². The zero-order chi connectivity index (χ0) is 20.1. The Kier molecular flexibility index (Phi) is 5.33. The lowest BCUT2D eigenvalue weighted by Gasteiger charge is -2.39. The lowest BCUT2D eigenvalue weighted by molar-refractivity contribution is -0.0168. The Bertz CT molecular complexity index is 876. The maximum Gasteiger partial charge on any atom is 0.0644 e. The van der Waals surface area contributed by atoms with Gasteiger partial charge in [-0.15, -0.1) is 0 Å². The minimum absolute atomic E-state index is 0.439. The van der Waals surface area contributed by atoms with Gasteiger partial charge in [0.1, 0.15) is 0 Å². The Hall–Kier alpha value is -1.35. The highest BCUT2D eigenvalue weighted by Gasteiger charge is 2.35. The molecule has 0 radical (unpaired) electrons. The molecule has 0 spiro atoms. The van der Waals surface area contributed by atoms with Crippen molar-refractivity contribution in [2.24, 2.45) is 0 Å².